The van der Waals surface area contributed by atoms with Crippen LogP contribution in [0.2, 0.25) is 0 Å². The number of carbonyl (C=O) groups excluding carboxylic acids is 1. The van der Waals surface area contributed by atoms with Crippen LogP contribution in [0.25, 0.3) is 0 Å². The van der Waals surface area contributed by atoms with Gasteiger partial charge in [0.1, 0.15) is 11.6 Å². The second kappa shape index (κ2) is 9.37. The van der Waals surface area contributed by atoms with E-state index < -0.39 is 10.0 Å². The molecular weight excluding hydrogens is 390 g/mol. The Morgan fingerprint density at radius 2 is 1.79 bits per heavy atom. The maximum atomic E-state index is 12.5. The quantitative estimate of drug-likeness (QED) is 0.721. The largest absolute Gasteiger partial charge is 0.497 e. The van der Waals surface area contributed by atoms with Gasteiger partial charge in [0.25, 0.3) is 0 Å². The molecule has 8 heteroatoms. The van der Waals surface area contributed by atoms with Crippen LogP contribution in [0.5, 0.6) is 5.75 Å². The van der Waals surface area contributed by atoms with Crippen LogP contribution in [0.4, 0.5) is 5.82 Å². The van der Waals surface area contributed by atoms with Gasteiger partial charge in [0.15, 0.2) is 0 Å². The summed E-state index contributed by atoms with van der Waals surface area (Å²) in [4.78, 5) is 17.0. The van der Waals surface area contributed by atoms with Crippen LogP contribution >= 0.6 is 0 Å². The highest BCUT2D eigenvalue weighted by Crippen LogP contribution is 2.29. The summed E-state index contributed by atoms with van der Waals surface area (Å²) in [5.41, 5.74) is 0.857. The first kappa shape index (κ1) is 21.3. The molecule has 7 nitrogen and oxygen atoms in total. The van der Waals surface area contributed by atoms with Crippen molar-refractivity contribution >= 4 is 21.7 Å². The summed E-state index contributed by atoms with van der Waals surface area (Å²) >= 11 is 0. The van der Waals surface area contributed by atoms with Gasteiger partial charge < -0.3 is 10.1 Å². The van der Waals surface area contributed by atoms with E-state index >= 15 is 0 Å². The lowest BCUT2D eigenvalue weighted by Crippen LogP contribution is -2.33. The summed E-state index contributed by atoms with van der Waals surface area (Å²) in [7, 11) is -2.01. The number of nitrogens with zero attached hydrogens (tertiary/aromatic N) is 1. The number of hydrogen-bond donors (Lipinski definition) is 2. The number of carbonyl (C=O) groups is 1. The minimum absolute atomic E-state index is 0.0136. The van der Waals surface area contributed by atoms with Crippen molar-refractivity contribution in [2.45, 2.75) is 37.5 Å². The van der Waals surface area contributed by atoms with Crippen molar-refractivity contribution in [1.29, 1.82) is 0 Å². The fraction of sp³-hybridized carbons (Fsp3) is 0.429. The average molecular weight is 418 g/mol. The van der Waals surface area contributed by atoms with Crippen LogP contribution in [-0.4, -0.2) is 33.0 Å². The molecule has 0 spiro atoms. The molecular formula is C21H27N3O4S. The van der Waals surface area contributed by atoms with Crippen LogP contribution in [0.3, 0.4) is 0 Å². The SMILES string of the molecule is COc1ccc(S(=O)(=O)NCC2CCC(C(=O)Nc3cccc(C)n3)CC2)cc1. The fourth-order valence-electron chi connectivity index (χ4n) is 3.54. The standard InChI is InChI=1S/C21H27N3O4S/c1-15-4-3-5-20(23-15)24-21(25)17-8-6-16(7-9-17)14-22-29(26,27)19-12-10-18(28-2)11-13-19/h3-5,10-13,16-17,22H,6-9,14H2,1-2H3,(H,23,24,25). The lowest BCUT2D eigenvalue weighted by atomic mass is 9.81. The summed E-state index contributed by atoms with van der Waals surface area (Å²) < 4.78 is 32.7. The Labute approximate surface area is 171 Å². The molecule has 2 N–H and O–H groups in total. The van der Waals surface area contributed by atoms with E-state index in [0.717, 1.165) is 31.4 Å². The van der Waals surface area contributed by atoms with E-state index in [4.69, 9.17) is 4.74 Å². The predicted octanol–water partition coefficient (Wildman–Crippen LogP) is 3.12. The van der Waals surface area contributed by atoms with Crippen molar-refractivity contribution in [2.75, 3.05) is 19.0 Å². The zero-order valence-corrected chi connectivity index (χ0v) is 17.5. The van der Waals surface area contributed by atoms with Crippen molar-refractivity contribution in [2.24, 2.45) is 11.8 Å². The third-order valence-corrected chi connectivity index (χ3v) is 6.73. The Kier molecular flexibility index (Phi) is 6.87. The molecule has 1 amide bonds. The van der Waals surface area contributed by atoms with Gasteiger partial charge in [0, 0.05) is 18.2 Å². The third kappa shape index (κ3) is 5.77. The van der Waals surface area contributed by atoms with E-state index in [2.05, 4.69) is 15.0 Å². The zero-order valence-electron chi connectivity index (χ0n) is 16.7. The first-order valence-electron chi connectivity index (χ1n) is 9.75. The van der Waals surface area contributed by atoms with Crippen molar-refractivity contribution in [3.63, 3.8) is 0 Å². The van der Waals surface area contributed by atoms with Crippen LogP contribution < -0.4 is 14.8 Å². The number of benzene rings is 1. The lowest BCUT2D eigenvalue weighted by molar-refractivity contribution is -0.121. The highest BCUT2D eigenvalue weighted by atomic mass is 32.2. The van der Waals surface area contributed by atoms with Crippen molar-refractivity contribution < 1.29 is 17.9 Å². The Morgan fingerprint density at radius 1 is 1.10 bits per heavy atom. The van der Waals surface area contributed by atoms with Crippen molar-refractivity contribution in [3.8, 4) is 5.75 Å². The molecule has 1 heterocycles. The number of aromatic nitrogens is 1. The molecule has 2 aromatic rings. The molecule has 0 radical (unpaired) electrons. The average Bonchev–Trinajstić information content (AvgIpc) is 2.73. The number of ether oxygens (including phenoxy) is 1. The second-order valence-corrected chi connectivity index (χ2v) is 9.17. The molecule has 1 aliphatic rings. The van der Waals surface area contributed by atoms with Gasteiger partial charge >= 0.3 is 0 Å². The van der Waals surface area contributed by atoms with Gasteiger partial charge in [-0.25, -0.2) is 18.1 Å². The van der Waals surface area contributed by atoms with E-state index in [1.54, 1.807) is 18.2 Å². The maximum Gasteiger partial charge on any atom is 0.240 e. The molecule has 0 unspecified atom stereocenters. The number of anilines is 1. The van der Waals surface area contributed by atoms with Gasteiger partial charge in [-0.05, 0) is 74.9 Å². The molecule has 3 rings (SSSR count). The Hall–Kier alpha value is -2.45. The number of aryl methyl sites for hydroxylation is 1. The Morgan fingerprint density at radius 3 is 2.41 bits per heavy atom. The number of sulfonamides is 1. The molecule has 1 fully saturated rings. The molecule has 156 valence electrons. The monoisotopic (exact) mass is 417 g/mol. The van der Waals surface area contributed by atoms with Gasteiger partial charge in [-0.15, -0.1) is 0 Å². The minimum Gasteiger partial charge on any atom is -0.497 e. The number of amides is 1. The van der Waals surface area contributed by atoms with E-state index in [1.165, 1.54) is 19.2 Å². The summed E-state index contributed by atoms with van der Waals surface area (Å²) in [6, 6.07) is 11.8. The molecule has 0 bridgehead atoms. The lowest BCUT2D eigenvalue weighted by Gasteiger charge is -2.27. The summed E-state index contributed by atoms with van der Waals surface area (Å²) in [5, 5.41) is 2.88. The van der Waals surface area contributed by atoms with Gasteiger partial charge in [-0.1, -0.05) is 6.07 Å². The third-order valence-electron chi connectivity index (χ3n) is 5.29. The van der Waals surface area contributed by atoms with Crippen LogP contribution in [0, 0.1) is 18.8 Å². The van der Waals surface area contributed by atoms with E-state index in [1.807, 2.05) is 19.1 Å². The fourth-order valence-corrected chi connectivity index (χ4v) is 4.65. The number of hydrogen-bond acceptors (Lipinski definition) is 5. The molecule has 29 heavy (non-hydrogen) atoms. The first-order valence-corrected chi connectivity index (χ1v) is 11.2. The highest BCUT2D eigenvalue weighted by Gasteiger charge is 2.27. The molecule has 1 aromatic heterocycles. The summed E-state index contributed by atoms with van der Waals surface area (Å²) in [6.45, 7) is 2.26. The smallest absolute Gasteiger partial charge is 0.240 e. The molecule has 1 aromatic carbocycles. The normalized spacial score (nSPS) is 19.5. The zero-order chi connectivity index (χ0) is 20.9. The van der Waals surface area contributed by atoms with Gasteiger partial charge in [0.2, 0.25) is 15.9 Å². The topological polar surface area (TPSA) is 97.4 Å². The van der Waals surface area contributed by atoms with Gasteiger partial charge in [-0.2, -0.15) is 0 Å². The van der Waals surface area contributed by atoms with Gasteiger partial charge in [0.05, 0.1) is 12.0 Å². The van der Waals surface area contributed by atoms with Crippen LogP contribution in [0.15, 0.2) is 47.4 Å². The Bertz CT molecular complexity index is 937. The second-order valence-electron chi connectivity index (χ2n) is 7.40. The highest BCUT2D eigenvalue weighted by molar-refractivity contribution is 7.89. The molecule has 1 saturated carbocycles. The molecule has 0 aliphatic heterocycles. The van der Waals surface area contributed by atoms with E-state index in [9.17, 15) is 13.2 Å². The minimum atomic E-state index is -3.55. The summed E-state index contributed by atoms with van der Waals surface area (Å²) in [5.74, 6) is 1.34. The number of rotatable bonds is 7. The Balaban J connectivity index is 1.47. The van der Waals surface area contributed by atoms with Crippen LogP contribution in [-0.2, 0) is 14.8 Å². The number of methoxy groups -OCH3 is 1. The molecule has 0 saturated heterocycles. The number of nitrogens with one attached hydrogen (secondary N) is 2. The first-order chi connectivity index (χ1) is 13.9. The van der Waals surface area contributed by atoms with E-state index in [0.29, 0.717) is 18.1 Å². The van der Waals surface area contributed by atoms with Crippen molar-refractivity contribution in [1.82, 2.24) is 9.71 Å². The molecule has 1 aliphatic carbocycles. The van der Waals surface area contributed by atoms with Gasteiger partial charge in [-0.3, -0.25) is 4.79 Å². The maximum absolute atomic E-state index is 12.5. The van der Waals surface area contributed by atoms with E-state index in [-0.39, 0.29) is 22.6 Å². The predicted molar refractivity (Wildman–Crippen MR) is 111 cm³/mol. The number of pyridine rings is 1. The molecule has 0 atom stereocenters. The van der Waals surface area contributed by atoms with Crippen LogP contribution in [0.1, 0.15) is 31.4 Å². The summed E-state index contributed by atoms with van der Waals surface area (Å²) in [6.07, 6.45) is 3.11. The van der Waals surface area contributed by atoms with Crippen molar-refractivity contribution in [3.05, 3.63) is 48.2 Å².